The molecular formula is C20H24FN3O2S. The number of hydrogen-bond donors (Lipinski definition) is 1. The molecule has 0 bridgehead atoms. The van der Waals surface area contributed by atoms with Gasteiger partial charge in [-0.15, -0.1) is 11.3 Å². The topological polar surface area (TPSA) is 62.3 Å². The quantitative estimate of drug-likeness (QED) is 0.739. The summed E-state index contributed by atoms with van der Waals surface area (Å²) >= 11 is 1.40. The minimum Gasteiger partial charge on any atom is -0.356 e. The first kappa shape index (κ1) is 19.5. The zero-order valence-electron chi connectivity index (χ0n) is 15.2. The molecule has 1 aromatic heterocycles. The fourth-order valence-electron chi connectivity index (χ4n) is 3.14. The molecular weight excluding hydrogens is 365 g/mol. The minimum absolute atomic E-state index is 0.0896. The molecule has 1 aromatic carbocycles. The molecule has 0 spiro atoms. The highest BCUT2D eigenvalue weighted by atomic mass is 32.1. The Balaban J connectivity index is 1.41. The number of thiazole rings is 1. The number of nitrogens with zero attached hydrogens (tertiary/aromatic N) is 2. The van der Waals surface area contributed by atoms with Gasteiger partial charge < -0.3 is 10.2 Å². The number of likely N-dealkylation sites (tertiary alicyclic amines) is 1. The van der Waals surface area contributed by atoms with Crippen LogP contribution in [0.3, 0.4) is 0 Å². The van der Waals surface area contributed by atoms with E-state index in [2.05, 4.69) is 10.3 Å². The van der Waals surface area contributed by atoms with Crippen LogP contribution in [-0.2, 0) is 16.0 Å². The molecule has 1 aliphatic rings. The van der Waals surface area contributed by atoms with E-state index in [0.29, 0.717) is 35.8 Å². The number of nitrogens with one attached hydrogen (secondary N) is 1. The van der Waals surface area contributed by atoms with Gasteiger partial charge in [-0.3, -0.25) is 9.59 Å². The van der Waals surface area contributed by atoms with Crippen molar-refractivity contribution < 1.29 is 14.0 Å². The average molecular weight is 389 g/mol. The van der Waals surface area contributed by atoms with E-state index in [4.69, 9.17) is 0 Å². The van der Waals surface area contributed by atoms with Crippen molar-refractivity contribution in [2.45, 2.75) is 38.5 Å². The van der Waals surface area contributed by atoms with Gasteiger partial charge in [0, 0.05) is 37.0 Å². The predicted molar refractivity (Wildman–Crippen MR) is 104 cm³/mol. The van der Waals surface area contributed by atoms with Crippen LogP contribution >= 0.6 is 11.3 Å². The summed E-state index contributed by atoms with van der Waals surface area (Å²) in [6.07, 6.45) is 4.76. The molecule has 0 atom stereocenters. The molecule has 144 valence electrons. The highest BCUT2D eigenvalue weighted by molar-refractivity contribution is 7.13. The third-order valence-electron chi connectivity index (χ3n) is 4.56. The lowest BCUT2D eigenvalue weighted by atomic mass is 10.2. The molecule has 2 aromatic rings. The van der Waals surface area contributed by atoms with Gasteiger partial charge in [0.1, 0.15) is 10.8 Å². The predicted octanol–water partition coefficient (Wildman–Crippen LogP) is 3.40. The Morgan fingerprint density at radius 1 is 1.30 bits per heavy atom. The lowest BCUT2D eigenvalue weighted by Crippen LogP contribution is -2.34. The third-order valence-corrected chi connectivity index (χ3v) is 5.50. The van der Waals surface area contributed by atoms with E-state index >= 15 is 0 Å². The number of hydrogen-bond acceptors (Lipinski definition) is 4. The van der Waals surface area contributed by atoms with Crippen molar-refractivity contribution in [3.8, 4) is 10.6 Å². The van der Waals surface area contributed by atoms with Crippen LogP contribution in [0.2, 0.25) is 0 Å². The first-order valence-electron chi connectivity index (χ1n) is 9.36. The van der Waals surface area contributed by atoms with Crippen LogP contribution in [0.4, 0.5) is 4.39 Å². The van der Waals surface area contributed by atoms with E-state index in [1.807, 2.05) is 10.3 Å². The maximum atomic E-state index is 13.3. The van der Waals surface area contributed by atoms with Crippen LogP contribution in [0.25, 0.3) is 10.6 Å². The maximum absolute atomic E-state index is 13.3. The second kappa shape index (κ2) is 9.60. The largest absolute Gasteiger partial charge is 0.356 e. The van der Waals surface area contributed by atoms with Gasteiger partial charge >= 0.3 is 0 Å². The molecule has 0 radical (unpaired) electrons. The van der Waals surface area contributed by atoms with Crippen LogP contribution in [-0.4, -0.2) is 41.3 Å². The number of carbonyl (C=O) groups is 2. The summed E-state index contributed by atoms with van der Waals surface area (Å²) < 4.78 is 13.3. The molecule has 3 rings (SSSR count). The third kappa shape index (κ3) is 5.85. The van der Waals surface area contributed by atoms with Crippen molar-refractivity contribution in [1.82, 2.24) is 15.2 Å². The van der Waals surface area contributed by atoms with E-state index in [1.54, 1.807) is 12.1 Å². The lowest BCUT2D eigenvalue weighted by Gasteiger charge is -2.20. The van der Waals surface area contributed by atoms with Crippen LogP contribution in [0.5, 0.6) is 0 Å². The molecule has 7 heteroatoms. The van der Waals surface area contributed by atoms with Gasteiger partial charge in [-0.2, -0.15) is 0 Å². The first-order valence-corrected chi connectivity index (χ1v) is 10.2. The highest BCUT2D eigenvalue weighted by Crippen LogP contribution is 2.24. The van der Waals surface area contributed by atoms with Crippen molar-refractivity contribution in [2.24, 2.45) is 0 Å². The number of aromatic nitrogens is 1. The van der Waals surface area contributed by atoms with Gasteiger partial charge in [0.15, 0.2) is 0 Å². The number of carbonyl (C=O) groups excluding carboxylic acids is 2. The minimum atomic E-state index is -0.301. The molecule has 1 aliphatic heterocycles. The smallest absolute Gasteiger partial charge is 0.226 e. The number of rotatable bonds is 7. The monoisotopic (exact) mass is 389 g/mol. The van der Waals surface area contributed by atoms with Crippen LogP contribution in [0.15, 0.2) is 29.6 Å². The molecule has 27 heavy (non-hydrogen) atoms. The zero-order valence-corrected chi connectivity index (χ0v) is 16.1. The van der Waals surface area contributed by atoms with Gasteiger partial charge in [-0.25, -0.2) is 9.37 Å². The van der Waals surface area contributed by atoms with E-state index in [0.717, 1.165) is 32.2 Å². The second-order valence-corrected chi connectivity index (χ2v) is 7.58. The lowest BCUT2D eigenvalue weighted by molar-refractivity contribution is -0.130. The fourth-order valence-corrected chi connectivity index (χ4v) is 3.96. The first-order chi connectivity index (χ1) is 13.1. The van der Waals surface area contributed by atoms with E-state index in [1.165, 1.54) is 23.5 Å². The zero-order chi connectivity index (χ0) is 19.1. The Hall–Kier alpha value is -2.28. The molecule has 0 saturated carbocycles. The van der Waals surface area contributed by atoms with E-state index in [9.17, 15) is 14.0 Å². The van der Waals surface area contributed by atoms with E-state index < -0.39 is 0 Å². The summed E-state index contributed by atoms with van der Waals surface area (Å²) in [6, 6.07) is 6.28. The summed E-state index contributed by atoms with van der Waals surface area (Å²) in [6.45, 7) is 2.07. The van der Waals surface area contributed by atoms with Crippen molar-refractivity contribution in [3.05, 3.63) is 41.2 Å². The van der Waals surface area contributed by atoms with Crippen LogP contribution in [0.1, 0.15) is 37.8 Å². The Morgan fingerprint density at radius 3 is 3.04 bits per heavy atom. The standard InChI is InChI=1S/C20H24FN3O2S/c21-16-7-4-6-15(12-16)20-23-17(14-27-20)13-18(25)22-9-5-11-24-10-3-1-2-8-19(24)26/h4,6-7,12,14H,1-3,5,8-11,13H2,(H,22,25). The molecule has 0 aliphatic carbocycles. The fraction of sp³-hybridized carbons (Fsp3) is 0.450. The van der Waals surface area contributed by atoms with Gasteiger partial charge in [0.2, 0.25) is 11.8 Å². The van der Waals surface area contributed by atoms with E-state index in [-0.39, 0.29) is 24.1 Å². The van der Waals surface area contributed by atoms with Gasteiger partial charge in [-0.05, 0) is 31.4 Å². The summed E-state index contributed by atoms with van der Waals surface area (Å²) in [5, 5.41) is 5.42. The Bertz CT molecular complexity index is 793. The van der Waals surface area contributed by atoms with Crippen LogP contribution in [0, 0.1) is 5.82 Å². The maximum Gasteiger partial charge on any atom is 0.226 e. The van der Waals surface area contributed by atoms with Crippen molar-refractivity contribution in [2.75, 3.05) is 19.6 Å². The molecule has 2 amide bonds. The molecule has 5 nitrogen and oxygen atoms in total. The summed E-state index contributed by atoms with van der Waals surface area (Å²) in [4.78, 5) is 30.4. The SMILES string of the molecule is O=C(Cc1csc(-c2cccc(F)c2)n1)NCCCN1CCCCCC1=O. The van der Waals surface area contributed by atoms with Crippen LogP contribution < -0.4 is 5.32 Å². The molecule has 0 unspecified atom stereocenters. The van der Waals surface area contributed by atoms with Gasteiger partial charge in [0.25, 0.3) is 0 Å². The number of halogens is 1. The van der Waals surface area contributed by atoms with Gasteiger partial charge in [-0.1, -0.05) is 18.6 Å². The number of benzene rings is 1. The molecule has 1 N–H and O–H groups in total. The second-order valence-electron chi connectivity index (χ2n) is 6.73. The highest BCUT2D eigenvalue weighted by Gasteiger charge is 2.16. The van der Waals surface area contributed by atoms with Crippen molar-refractivity contribution in [3.63, 3.8) is 0 Å². The average Bonchev–Trinajstić information content (AvgIpc) is 3.01. The Labute approximate surface area is 162 Å². The summed E-state index contributed by atoms with van der Waals surface area (Å²) in [7, 11) is 0. The van der Waals surface area contributed by atoms with Gasteiger partial charge in [0.05, 0.1) is 12.1 Å². The Morgan fingerprint density at radius 2 is 2.19 bits per heavy atom. The van der Waals surface area contributed by atoms with Crippen molar-refractivity contribution >= 4 is 23.2 Å². The molecule has 1 saturated heterocycles. The summed E-state index contributed by atoms with van der Waals surface area (Å²) in [5.41, 5.74) is 1.40. The number of amides is 2. The normalized spacial score (nSPS) is 14.9. The molecule has 2 heterocycles. The molecule has 1 fully saturated rings. The van der Waals surface area contributed by atoms with Crippen molar-refractivity contribution in [1.29, 1.82) is 0 Å². The summed E-state index contributed by atoms with van der Waals surface area (Å²) in [5.74, 6) is -0.163. The Kier molecular flexibility index (Phi) is 6.92.